The molecule has 1 aromatic heterocycles. The van der Waals surface area contributed by atoms with Gasteiger partial charge in [-0.15, -0.1) is 0 Å². The number of amides is 1. The molecule has 0 bridgehead atoms. The number of nitrogens with one attached hydrogen (secondary N) is 2. The molecule has 0 radical (unpaired) electrons. The van der Waals surface area contributed by atoms with Gasteiger partial charge in [0.1, 0.15) is 5.60 Å². The lowest BCUT2D eigenvalue weighted by atomic mass is 10.00. The second-order valence-corrected chi connectivity index (χ2v) is 11.2. The number of carbonyl (C=O) groups is 1. The monoisotopic (exact) mass is 527 g/mol. The van der Waals surface area contributed by atoms with Gasteiger partial charge in [-0.3, -0.25) is 0 Å². The van der Waals surface area contributed by atoms with Crippen molar-refractivity contribution in [1.82, 2.24) is 15.3 Å². The fourth-order valence-electron chi connectivity index (χ4n) is 3.51. The van der Waals surface area contributed by atoms with Crippen LogP contribution in [0, 0.1) is 13.8 Å². The second kappa shape index (κ2) is 11.5. The van der Waals surface area contributed by atoms with Crippen LogP contribution >= 0.6 is 0 Å². The average Bonchev–Trinajstić information content (AvgIpc) is 2.77. The van der Waals surface area contributed by atoms with Gasteiger partial charge in [-0.1, -0.05) is 24.3 Å². The molecule has 37 heavy (non-hydrogen) atoms. The van der Waals surface area contributed by atoms with Gasteiger partial charge >= 0.3 is 6.09 Å². The highest BCUT2D eigenvalue weighted by Gasteiger charge is 2.19. The first-order valence-corrected chi connectivity index (χ1v) is 13.3. The Balaban J connectivity index is 1.81. The van der Waals surface area contributed by atoms with Crippen LogP contribution in [0.5, 0.6) is 5.88 Å². The molecule has 0 atom stereocenters. The van der Waals surface area contributed by atoms with Crippen LogP contribution < -0.4 is 20.5 Å². The van der Waals surface area contributed by atoms with Gasteiger partial charge in [0.25, 0.3) is 10.0 Å². The number of nitrogens with zero attached hydrogens (tertiary/aromatic N) is 2. The van der Waals surface area contributed by atoms with Crippen molar-refractivity contribution in [2.24, 2.45) is 0 Å². The molecule has 0 spiro atoms. The van der Waals surface area contributed by atoms with Crippen molar-refractivity contribution in [3.05, 3.63) is 59.7 Å². The maximum Gasteiger partial charge on any atom is 0.407 e. The summed E-state index contributed by atoms with van der Waals surface area (Å²) in [5.41, 5.74) is 8.79. The van der Waals surface area contributed by atoms with Crippen molar-refractivity contribution in [3.8, 4) is 17.1 Å². The highest BCUT2D eigenvalue weighted by molar-refractivity contribution is 7.92. The molecule has 0 fully saturated rings. The first-order chi connectivity index (χ1) is 17.3. The van der Waals surface area contributed by atoms with E-state index < -0.39 is 21.7 Å². The quantitative estimate of drug-likeness (QED) is 0.274. The summed E-state index contributed by atoms with van der Waals surface area (Å²) in [6.45, 7) is 9.82. The molecule has 3 aromatic rings. The molecule has 0 aliphatic heterocycles. The smallest absolute Gasteiger partial charge is 0.407 e. The van der Waals surface area contributed by atoms with E-state index in [4.69, 9.17) is 15.2 Å². The number of hydrogen-bond acceptors (Lipinski definition) is 8. The van der Waals surface area contributed by atoms with Crippen molar-refractivity contribution >= 4 is 27.8 Å². The van der Waals surface area contributed by atoms with Crippen LogP contribution in [0.2, 0.25) is 0 Å². The van der Waals surface area contributed by atoms with Gasteiger partial charge in [0.15, 0.2) is 0 Å². The van der Waals surface area contributed by atoms with Crippen LogP contribution in [0.15, 0.2) is 53.4 Å². The topological polar surface area (TPSA) is 146 Å². The zero-order valence-electron chi connectivity index (χ0n) is 21.7. The van der Waals surface area contributed by atoms with Crippen molar-refractivity contribution in [2.45, 2.75) is 51.5 Å². The maximum atomic E-state index is 13.0. The molecule has 11 heteroatoms. The first-order valence-electron chi connectivity index (χ1n) is 11.8. The predicted octanol–water partition coefficient (Wildman–Crippen LogP) is 4.44. The molecule has 4 N–H and O–H groups in total. The molecule has 0 saturated carbocycles. The van der Waals surface area contributed by atoms with Crippen LogP contribution in [0.1, 0.15) is 38.3 Å². The third-order valence-electron chi connectivity index (χ3n) is 5.07. The molecule has 10 nitrogen and oxygen atoms in total. The minimum atomic E-state index is -4.00. The third kappa shape index (κ3) is 8.07. The van der Waals surface area contributed by atoms with E-state index in [1.165, 1.54) is 12.1 Å². The number of aryl methyl sites for hydroxylation is 2. The molecular weight excluding hydrogens is 494 g/mol. The lowest BCUT2D eigenvalue weighted by Gasteiger charge is -2.19. The molecule has 0 saturated heterocycles. The molecular formula is C26H33N5O5S. The van der Waals surface area contributed by atoms with Gasteiger partial charge in [-0.05, 0) is 70.4 Å². The van der Waals surface area contributed by atoms with E-state index in [-0.39, 0.29) is 23.3 Å². The Bertz CT molecular complexity index is 1350. The minimum Gasteiger partial charge on any atom is -0.477 e. The zero-order chi connectivity index (χ0) is 27.2. The SMILES string of the molecule is Cc1cccc(C)c1-c1cc(OCCCNC(=O)OC(C)(C)C)nc(NS(=O)(=O)c2cccc(N)c2)n1. The number of rotatable bonds is 9. The highest BCUT2D eigenvalue weighted by Crippen LogP contribution is 2.29. The van der Waals surface area contributed by atoms with Gasteiger partial charge in [-0.25, -0.2) is 22.9 Å². The number of nitrogens with two attached hydrogens (primary N) is 1. The van der Waals surface area contributed by atoms with E-state index in [9.17, 15) is 13.2 Å². The van der Waals surface area contributed by atoms with Gasteiger partial charge in [-0.2, -0.15) is 4.98 Å². The Hall–Kier alpha value is -3.86. The number of carbonyl (C=O) groups excluding carboxylic acids is 1. The van der Waals surface area contributed by atoms with Gasteiger partial charge in [0.05, 0.1) is 17.2 Å². The Morgan fingerprint density at radius 2 is 1.70 bits per heavy atom. The van der Waals surface area contributed by atoms with Gasteiger partial charge < -0.3 is 20.5 Å². The van der Waals surface area contributed by atoms with Crippen molar-refractivity contribution in [3.63, 3.8) is 0 Å². The fourth-order valence-corrected chi connectivity index (χ4v) is 4.50. The summed E-state index contributed by atoms with van der Waals surface area (Å²) < 4.78 is 39.4. The number of anilines is 2. The minimum absolute atomic E-state index is 0.00994. The molecule has 1 heterocycles. The zero-order valence-corrected chi connectivity index (χ0v) is 22.5. The van der Waals surface area contributed by atoms with E-state index in [0.717, 1.165) is 16.7 Å². The molecule has 0 unspecified atom stereocenters. The van der Waals surface area contributed by atoms with Crippen LogP contribution in [0.3, 0.4) is 0 Å². The third-order valence-corrected chi connectivity index (χ3v) is 6.40. The van der Waals surface area contributed by atoms with Gasteiger partial charge in [0.2, 0.25) is 11.8 Å². The number of aromatic nitrogens is 2. The van der Waals surface area contributed by atoms with Crippen LogP contribution in [-0.4, -0.2) is 43.2 Å². The highest BCUT2D eigenvalue weighted by atomic mass is 32.2. The average molecular weight is 528 g/mol. The van der Waals surface area contributed by atoms with Crippen LogP contribution in [-0.2, 0) is 14.8 Å². The lowest BCUT2D eigenvalue weighted by molar-refractivity contribution is 0.0525. The summed E-state index contributed by atoms with van der Waals surface area (Å²) in [5.74, 6) is 0.0552. The summed E-state index contributed by atoms with van der Waals surface area (Å²) in [6, 6.07) is 13.4. The second-order valence-electron chi connectivity index (χ2n) is 9.49. The van der Waals surface area contributed by atoms with Crippen LogP contribution in [0.25, 0.3) is 11.3 Å². The van der Waals surface area contributed by atoms with Crippen molar-refractivity contribution < 1.29 is 22.7 Å². The van der Waals surface area contributed by atoms with E-state index >= 15 is 0 Å². The Morgan fingerprint density at radius 1 is 1.03 bits per heavy atom. The normalized spacial score (nSPS) is 11.6. The number of hydrogen-bond donors (Lipinski definition) is 3. The summed E-state index contributed by atoms with van der Waals surface area (Å²) in [4.78, 5) is 20.5. The van der Waals surface area contributed by atoms with E-state index in [2.05, 4.69) is 20.0 Å². The fraction of sp³-hybridized carbons (Fsp3) is 0.346. The first kappa shape index (κ1) is 27.7. The van der Waals surface area contributed by atoms with E-state index in [1.54, 1.807) is 39.0 Å². The Labute approximate surface area is 217 Å². The molecule has 0 aliphatic rings. The maximum absolute atomic E-state index is 13.0. The number of alkyl carbamates (subject to hydrolysis) is 1. The standard InChI is InChI=1S/C26H33N5O5S/c1-17-9-6-10-18(2)23(17)21-16-22(35-14-8-13-28-25(32)36-26(3,4)5)30-24(29-21)31-37(33,34)20-12-7-11-19(27)15-20/h6-7,9-12,15-16H,8,13-14,27H2,1-5H3,(H,28,32)(H,29,30,31). The molecule has 1 amide bonds. The molecule has 2 aromatic carbocycles. The summed E-state index contributed by atoms with van der Waals surface area (Å²) in [5, 5.41) is 2.67. The number of nitrogen functional groups attached to an aromatic ring is 1. The van der Waals surface area contributed by atoms with E-state index in [0.29, 0.717) is 24.3 Å². The number of benzene rings is 2. The van der Waals surface area contributed by atoms with Gasteiger partial charge in [0, 0.05) is 23.9 Å². The molecule has 198 valence electrons. The largest absolute Gasteiger partial charge is 0.477 e. The van der Waals surface area contributed by atoms with Crippen molar-refractivity contribution in [2.75, 3.05) is 23.6 Å². The summed E-state index contributed by atoms with van der Waals surface area (Å²) in [7, 11) is -4.00. The lowest BCUT2D eigenvalue weighted by Crippen LogP contribution is -2.33. The number of ether oxygens (including phenoxy) is 2. The summed E-state index contributed by atoms with van der Waals surface area (Å²) >= 11 is 0. The summed E-state index contributed by atoms with van der Waals surface area (Å²) in [6.07, 6.45) is -0.0307. The Morgan fingerprint density at radius 3 is 2.35 bits per heavy atom. The molecule has 3 rings (SSSR count). The van der Waals surface area contributed by atoms with Crippen LogP contribution in [0.4, 0.5) is 16.4 Å². The predicted molar refractivity (Wildman–Crippen MR) is 143 cm³/mol. The number of sulfonamides is 1. The van der Waals surface area contributed by atoms with Crippen molar-refractivity contribution in [1.29, 1.82) is 0 Å². The molecule has 0 aliphatic carbocycles. The Kier molecular flexibility index (Phi) is 8.59. The van der Waals surface area contributed by atoms with E-state index in [1.807, 2.05) is 32.0 Å².